The lowest BCUT2D eigenvalue weighted by atomic mass is 10.0. The summed E-state index contributed by atoms with van der Waals surface area (Å²) in [6.45, 7) is 0.509. The summed E-state index contributed by atoms with van der Waals surface area (Å²) in [6.07, 6.45) is 2.79. The smallest absolute Gasteiger partial charge is 0.333 e. The van der Waals surface area contributed by atoms with Gasteiger partial charge in [-0.2, -0.15) is 0 Å². The molecule has 2 aliphatic rings. The number of aromatic nitrogens is 2. The molecule has 1 aliphatic carbocycles. The average Bonchev–Trinajstić information content (AvgIpc) is 3.81. The van der Waals surface area contributed by atoms with E-state index in [2.05, 4.69) is 15.9 Å². The molecule has 1 fully saturated rings. The van der Waals surface area contributed by atoms with Crippen LogP contribution in [0.1, 0.15) is 51.4 Å². The molecule has 1 saturated carbocycles. The zero-order chi connectivity index (χ0) is 28.7. The SMILES string of the molecule is COc1ccc(-n2c(C(=O)CCc3ccccc3)c3n(c2=O)C[C@H](C2CC2)N(C(=O)c2ccc(Br)c(Cl)c2)C3)cc1. The number of benzene rings is 3. The summed E-state index contributed by atoms with van der Waals surface area (Å²) >= 11 is 9.73. The first kappa shape index (κ1) is 27.5. The molecular weight excluding hydrogens is 606 g/mol. The van der Waals surface area contributed by atoms with Gasteiger partial charge in [0.15, 0.2) is 5.78 Å². The Bertz CT molecular complexity index is 1680. The minimum atomic E-state index is -0.266. The van der Waals surface area contributed by atoms with Crippen molar-refractivity contribution in [1.29, 1.82) is 0 Å². The zero-order valence-electron chi connectivity index (χ0n) is 22.6. The molecule has 0 N–H and O–H groups in total. The van der Waals surface area contributed by atoms with Crippen LogP contribution in [-0.2, 0) is 19.5 Å². The zero-order valence-corrected chi connectivity index (χ0v) is 24.9. The van der Waals surface area contributed by atoms with Crippen LogP contribution in [-0.4, -0.2) is 38.9 Å². The Hall–Kier alpha value is -3.62. The first-order valence-electron chi connectivity index (χ1n) is 13.7. The van der Waals surface area contributed by atoms with E-state index < -0.39 is 0 Å². The molecule has 1 atom stereocenters. The Kier molecular flexibility index (Phi) is 7.62. The summed E-state index contributed by atoms with van der Waals surface area (Å²) in [5.74, 6) is 0.669. The molecule has 1 aliphatic heterocycles. The van der Waals surface area contributed by atoms with Crippen molar-refractivity contribution in [2.24, 2.45) is 5.92 Å². The van der Waals surface area contributed by atoms with E-state index in [0.717, 1.165) is 18.4 Å². The van der Waals surface area contributed by atoms with Gasteiger partial charge in [0, 0.05) is 23.0 Å². The number of hydrogen-bond acceptors (Lipinski definition) is 4. The lowest BCUT2D eigenvalue weighted by molar-refractivity contribution is 0.0553. The predicted octanol–water partition coefficient (Wildman–Crippen LogP) is 6.31. The van der Waals surface area contributed by atoms with Gasteiger partial charge in [-0.05, 0) is 89.1 Å². The normalized spacial score (nSPS) is 16.4. The number of fused-ring (bicyclic) bond motifs is 1. The number of ether oxygens (including phenoxy) is 1. The summed E-state index contributed by atoms with van der Waals surface area (Å²) in [5, 5.41) is 0.454. The highest BCUT2D eigenvalue weighted by molar-refractivity contribution is 9.10. The third kappa shape index (κ3) is 5.38. The number of carbonyl (C=O) groups excluding carboxylic acids is 2. The van der Waals surface area contributed by atoms with Crippen molar-refractivity contribution in [3.05, 3.63) is 115 Å². The number of imidazole rings is 1. The van der Waals surface area contributed by atoms with Gasteiger partial charge < -0.3 is 9.64 Å². The van der Waals surface area contributed by atoms with Gasteiger partial charge in [-0.3, -0.25) is 18.7 Å². The third-order valence-electron chi connectivity index (χ3n) is 8.01. The largest absolute Gasteiger partial charge is 0.497 e. The van der Waals surface area contributed by atoms with Crippen LogP contribution in [0.2, 0.25) is 5.02 Å². The summed E-state index contributed by atoms with van der Waals surface area (Å²) in [6, 6.07) is 22.0. The Morgan fingerprint density at radius 3 is 2.41 bits per heavy atom. The van der Waals surface area contributed by atoms with Crippen molar-refractivity contribution < 1.29 is 14.3 Å². The number of aryl methyl sites for hydroxylation is 1. The van der Waals surface area contributed by atoms with Crippen molar-refractivity contribution in [2.75, 3.05) is 7.11 Å². The first-order valence-corrected chi connectivity index (χ1v) is 14.8. The average molecular weight is 635 g/mol. The number of methoxy groups -OCH3 is 1. The molecule has 0 spiro atoms. The molecule has 3 aromatic carbocycles. The van der Waals surface area contributed by atoms with Gasteiger partial charge in [0.05, 0.1) is 36.1 Å². The maximum atomic E-state index is 14.0. The lowest BCUT2D eigenvalue weighted by Gasteiger charge is -2.37. The van der Waals surface area contributed by atoms with E-state index in [1.54, 1.807) is 54.1 Å². The van der Waals surface area contributed by atoms with Crippen molar-refractivity contribution in [3.8, 4) is 11.4 Å². The molecule has 6 rings (SSSR count). The van der Waals surface area contributed by atoms with Gasteiger partial charge in [0.2, 0.25) is 0 Å². The minimum Gasteiger partial charge on any atom is -0.497 e. The molecule has 0 unspecified atom stereocenters. The van der Waals surface area contributed by atoms with E-state index in [1.807, 2.05) is 35.2 Å². The van der Waals surface area contributed by atoms with E-state index in [0.29, 0.717) is 56.8 Å². The number of carbonyl (C=O) groups is 2. The maximum absolute atomic E-state index is 14.0. The number of amides is 1. The molecule has 1 amide bonds. The minimum absolute atomic E-state index is 0.139. The molecule has 1 aromatic heterocycles. The molecule has 210 valence electrons. The summed E-state index contributed by atoms with van der Waals surface area (Å²) in [5.41, 5.74) is 2.74. The summed E-state index contributed by atoms with van der Waals surface area (Å²) in [7, 11) is 1.58. The number of ketones is 1. The van der Waals surface area contributed by atoms with Crippen LogP contribution in [0.3, 0.4) is 0 Å². The topological polar surface area (TPSA) is 73.5 Å². The van der Waals surface area contributed by atoms with Gasteiger partial charge in [-0.1, -0.05) is 41.9 Å². The lowest BCUT2D eigenvalue weighted by Crippen LogP contribution is -2.49. The quantitative estimate of drug-likeness (QED) is 0.213. The Labute approximate surface area is 251 Å². The second-order valence-electron chi connectivity index (χ2n) is 10.6. The fourth-order valence-electron chi connectivity index (χ4n) is 5.68. The van der Waals surface area contributed by atoms with Crippen LogP contribution >= 0.6 is 27.5 Å². The van der Waals surface area contributed by atoms with E-state index >= 15 is 0 Å². The van der Waals surface area contributed by atoms with Crippen molar-refractivity contribution in [1.82, 2.24) is 14.0 Å². The van der Waals surface area contributed by atoms with Crippen LogP contribution in [0.4, 0.5) is 0 Å². The second-order valence-corrected chi connectivity index (χ2v) is 11.9. The molecule has 7 nitrogen and oxygen atoms in total. The van der Waals surface area contributed by atoms with Crippen molar-refractivity contribution in [3.63, 3.8) is 0 Å². The number of Topliss-reactive ketones (excluding diaryl/α,β-unsaturated/α-hetero) is 1. The van der Waals surface area contributed by atoms with Crippen molar-refractivity contribution >= 4 is 39.2 Å². The van der Waals surface area contributed by atoms with Crippen LogP contribution in [0.25, 0.3) is 5.69 Å². The molecule has 2 heterocycles. The third-order valence-corrected chi connectivity index (χ3v) is 9.24. The number of nitrogens with zero attached hydrogens (tertiary/aromatic N) is 3. The standard InChI is InChI=1S/C32H29BrClN3O4/c1-41-24-13-11-23(12-14-24)37-30(29(38)16-7-20-5-3-2-4-6-20)28-19-35(27(21-8-9-21)18-36(28)32(37)40)31(39)22-10-15-25(33)26(34)17-22/h2-6,10-15,17,21,27H,7-9,16,18-19H2,1H3/t27-/m1/s1. The fraction of sp³-hybridized carbons (Fsp3) is 0.281. The Balaban J connectivity index is 1.43. The Morgan fingerprint density at radius 2 is 1.76 bits per heavy atom. The van der Waals surface area contributed by atoms with E-state index in [1.165, 1.54) is 4.57 Å². The molecule has 4 aromatic rings. The number of halogens is 2. The van der Waals surface area contributed by atoms with Crippen LogP contribution in [0.15, 0.2) is 82.1 Å². The summed E-state index contributed by atoms with van der Waals surface area (Å²) < 4.78 is 9.24. The van der Waals surface area contributed by atoms with Gasteiger partial charge in [0.1, 0.15) is 11.4 Å². The first-order chi connectivity index (χ1) is 19.9. The van der Waals surface area contributed by atoms with Gasteiger partial charge in [0.25, 0.3) is 5.91 Å². The fourth-order valence-corrected chi connectivity index (χ4v) is 6.11. The predicted molar refractivity (Wildman–Crippen MR) is 161 cm³/mol. The van der Waals surface area contributed by atoms with Crippen LogP contribution < -0.4 is 10.4 Å². The van der Waals surface area contributed by atoms with E-state index in [4.69, 9.17) is 16.3 Å². The highest BCUT2D eigenvalue weighted by Crippen LogP contribution is 2.40. The molecule has 41 heavy (non-hydrogen) atoms. The highest BCUT2D eigenvalue weighted by atomic mass is 79.9. The Morgan fingerprint density at radius 1 is 1.02 bits per heavy atom. The van der Waals surface area contributed by atoms with Gasteiger partial charge in [-0.25, -0.2) is 4.79 Å². The van der Waals surface area contributed by atoms with E-state index in [9.17, 15) is 14.4 Å². The molecule has 9 heteroatoms. The van der Waals surface area contributed by atoms with Crippen LogP contribution in [0.5, 0.6) is 5.75 Å². The molecule has 0 radical (unpaired) electrons. The van der Waals surface area contributed by atoms with Crippen molar-refractivity contribution in [2.45, 2.75) is 44.8 Å². The number of hydrogen-bond donors (Lipinski definition) is 0. The van der Waals surface area contributed by atoms with Gasteiger partial charge in [-0.15, -0.1) is 0 Å². The maximum Gasteiger partial charge on any atom is 0.333 e. The monoisotopic (exact) mass is 633 g/mol. The summed E-state index contributed by atoms with van der Waals surface area (Å²) in [4.78, 5) is 43.7. The van der Waals surface area contributed by atoms with E-state index in [-0.39, 0.29) is 36.4 Å². The molecule has 0 saturated heterocycles. The second kappa shape index (κ2) is 11.3. The van der Waals surface area contributed by atoms with Gasteiger partial charge >= 0.3 is 5.69 Å². The molecule has 0 bridgehead atoms. The highest BCUT2D eigenvalue weighted by Gasteiger charge is 2.43. The van der Waals surface area contributed by atoms with Crippen LogP contribution in [0, 0.1) is 5.92 Å². The number of rotatable bonds is 8. The molecular formula is C32H29BrClN3O4.